The molecule has 4 aromatic rings. The van der Waals surface area contributed by atoms with Crippen LogP contribution in [0.5, 0.6) is 0 Å². The van der Waals surface area contributed by atoms with Gasteiger partial charge >= 0.3 is 0 Å². The van der Waals surface area contributed by atoms with Gasteiger partial charge < -0.3 is 9.47 Å². The van der Waals surface area contributed by atoms with Crippen molar-refractivity contribution in [1.29, 1.82) is 0 Å². The molecule has 2 aromatic heterocycles. The van der Waals surface area contributed by atoms with Gasteiger partial charge in [-0.1, -0.05) is 6.07 Å². The molecule has 5 rings (SSSR count). The molecule has 37 heavy (non-hydrogen) atoms. The van der Waals surface area contributed by atoms with Crippen LogP contribution in [0.4, 0.5) is 14.5 Å². The molecule has 1 aliphatic rings. The third kappa shape index (κ3) is 5.07. The second kappa shape index (κ2) is 10.2. The Morgan fingerprint density at radius 1 is 1.11 bits per heavy atom. The van der Waals surface area contributed by atoms with E-state index >= 15 is 0 Å². The average Bonchev–Trinajstić information content (AvgIpc) is 3.20. The highest BCUT2D eigenvalue weighted by Crippen LogP contribution is 2.35. The number of aromatic nitrogens is 3. The van der Waals surface area contributed by atoms with E-state index in [1.54, 1.807) is 12.3 Å². The molecule has 1 fully saturated rings. The summed E-state index contributed by atoms with van der Waals surface area (Å²) in [6.07, 6.45) is 3.46. The van der Waals surface area contributed by atoms with Crippen LogP contribution >= 0.6 is 0 Å². The molecule has 0 unspecified atom stereocenters. The SMILES string of the molecule is COCc1ncc(-c2ccc3nn(C)c(C4CCOCC4)c3c2)cc1NS(=O)(=O)c1ccc(F)cc1F. The van der Waals surface area contributed by atoms with Crippen molar-refractivity contribution in [2.75, 3.05) is 25.0 Å². The lowest BCUT2D eigenvalue weighted by molar-refractivity contribution is 0.0840. The van der Waals surface area contributed by atoms with Crippen LogP contribution < -0.4 is 4.72 Å². The van der Waals surface area contributed by atoms with Crippen molar-refractivity contribution in [3.63, 3.8) is 0 Å². The molecule has 0 amide bonds. The van der Waals surface area contributed by atoms with Crippen LogP contribution in [0, 0.1) is 11.6 Å². The number of nitrogens with zero attached hydrogens (tertiary/aromatic N) is 3. The molecule has 2 aromatic carbocycles. The largest absolute Gasteiger partial charge is 0.381 e. The van der Waals surface area contributed by atoms with E-state index in [9.17, 15) is 17.2 Å². The first-order valence-corrected chi connectivity index (χ1v) is 13.3. The maximum absolute atomic E-state index is 14.3. The Morgan fingerprint density at radius 3 is 2.62 bits per heavy atom. The van der Waals surface area contributed by atoms with E-state index < -0.39 is 26.6 Å². The standard InChI is InChI=1S/C26H26F2N4O4S/c1-32-26(16-7-9-36-10-8-16)20-11-17(3-5-22(20)30-32)18-12-23(24(15-35-2)29-14-18)31-37(33,34)25-6-4-19(27)13-21(25)28/h3-6,11-14,16,31H,7-10,15H2,1-2H3. The van der Waals surface area contributed by atoms with Crippen molar-refractivity contribution in [1.82, 2.24) is 14.8 Å². The van der Waals surface area contributed by atoms with Crippen LogP contribution in [0.1, 0.15) is 30.1 Å². The molecule has 1 N–H and O–H groups in total. The van der Waals surface area contributed by atoms with Gasteiger partial charge in [0, 0.05) is 62.2 Å². The van der Waals surface area contributed by atoms with E-state index in [1.165, 1.54) is 7.11 Å². The van der Waals surface area contributed by atoms with Crippen LogP contribution in [0.15, 0.2) is 53.6 Å². The zero-order valence-corrected chi connectivity index (χ0v) is 21.2. The smallest absolute Gasteiger partial charge is 0.264 e. The highest BCUT2D eigenvalue weighted by Gasteiger charge is 2.24. The number of nitrogens with one attached hydrogen (secondary N) is 1. The number of anilines is 1. The predicted octanol–water partition coefficient (Wildman–Crippen LogP) is 4.75. The lowest BCUT2D eigenvalue weighted by atomic mass is 9.93. The van der Waals surface area contributed by atoms with Gasteiger partial charge in [0.05, 0.1) is 23.5 Å². The van der Waals surface area contributed by atoms with Gasteiger partial charge in [-0.3, -0.25) is 14.4 Å². The Bertz CT molecular complexity index is 1570. The summed E-state index contributed by atoms with van der Waals surface area (Å²) in [4.78, 5) is 3.75. The highest BCUT2D eigenvalue weighted by molar-refractivity contribution is 7.92. The van der Waals surface area contributed by atoms with Crippen molar-refractivity contribution < 1.29 is 26.7 Å². The minimum Gasteiger partial charge on any atom is -0.381 e. The first-order chi connectivity index (χ1) is 17.8. The van der Waals surface area contributed by atoms with Gasteiger partial charge in [0.15, 0.2) is 0 Å². The maximum Gasteiger partial charge on any atom is 0.264 e. The Kier molecular flexibility index (Phi) is 6.93. The van der Waals surface area contributed by atoms with E-state index in [-0.39, 0.29) is 12.3 Å². The van der Waals surface area contributed by atoms with Crippen LogP contribution in [-0.4, -0.2) is 43.5 Å². The quantitative estimate of drug-likeness (QED) is 0.372. The summed E-state index contributed by atoms with van der Waals surface area (Å²) in [5.74, 6) is -1.73. The molecule has 11 heteroatoms. The van der Waals surface area contributed by atoms with Crippen molar-refractivity contribution in [2.45, 2.75) is 30.3 Å². The van der Waals surface area contributed by atoms with Crippen molar-refractivity contribution >= 4 is 26.6 Å². The van der Waals surface area contributed by atoms with Crippen molar-refractivity contribution in [3.8, 4) is 11.1 Å². The van der Waals surface area contributed by atoms with Crippen molar-refractivity contribution in [3.05, 3.63) is 71.7 Å². The van der Waals surface area contributed by atoms with Crippen molar-refractivity contribution in [2.24, 2.45) is 7.05 Å². The molecule has 0 bridgehead atoms. The number of methoxy groups -OCH3 is 1. The van der Waals surface area contributed by atoms with Gasteiger partial charge in [-0.25, -0.2) is 17.2 Å². The molecule has 1 aliphatic heterocycles. The molecule has 0 saturated carbocycles. The second-order valence-corrected chi connectivity index (χ2v) is 10.6. The fraction of sp³-hybridized carbons (Fsp3) is 0.308. The van der Waals surface area contributed by atoms with Crippen LogP contribution in [0.25, 0.3) is 22.0 Å². The van der Waals surface area contributed by atoms with Gasteiger partial charge in [-0.2, -0.15) is 5.10 Å². The Morgan fingerprint density at radius 2 is 1.89 bits per heavy atom. The maximum atomic E-state index is 14.3. The number of pyridine rings is 1. The summed E-state index contributed by atoms with van der Waals surface area (Å²) >= 11 is 0. The third-order valence-electron chi connectivity index (χ3n) is 6.50. The third-order valence-corrected chi connectivity index (χ3v) is 7.90. The molecule has 0 radical (unpaired) electrons. The topological polar surface area (TPSA) is 95.3 Å². The van der Waals surface area contributed by atoms with Crippen LogP contribution in [-0.2, 0) is 33.2 Å². The summed E-state index contributed by atoms with van der Waals surface area (Å²) < 4.78 is 68.6. The number of halogens is 2. The minimum atomic E-state index is -4.37. The summed E-state index contributed by atoms with van der Waals surface area (Å²) in [6.45, 7) is 1.44. The van der Waals surface area contributed by atoms with E-state index in [0.29, 0.717) is 36.5 Å². The van der Waals surface area contributed by atoms with Gasteiger partial charge in [-0.15, -0.1) is 0 Å². The number of aryl methyl sites for hydroxylation is 1. The van der Waals surface area contributed by atoms with E-state index in [2.05, 4.69) is 14.8 Å². The number of benzene rings is 2. The second-order valence-electron chi connectivity index (χ2n) is 8.96. The monoisotopic (exact) mass is 528 g/mol. The number of fused-ring (bicyclic) bond motifs is 1. The first kappa shape index (κ1) is 25.2. The average molecular weight is 529 g/mol. The fourth-order valence-corrected chi connectivity index (χ4v) is 5.88. The molecular weight excluding hydrogens is 502 g/mol. The summed E-state index contributed by atoms with van der Waals surface area (Å²) in [6, 6.07) is 9.78. The Hall–Kier alpha value is -3.41. The van der Waals surface area contributed by atoms with E-state index in [0.717, 1.165) is 47.1 Å². The first-order valence-electron chi connectivity index (χ1n) is 11.8. The summed E-state index contributed by atoms with van der Waals surface area (Å²) in [5.41, 5.74) is 3.93. The lowest BCUT2D eigenvalue weighted by Gasteiger charge is -2.22. The normalized spacial score (nSPS) is 14.8. The van der Waals surface area contributed by atoms with Crippen LogP contribution in [0.2, 0.25) is 0 Å². The minimum absolute atomic E-state index is 0.0274. The highest BCUT2D eigenvalue weighted by atomic mass is 32.2. The Balaban J connectivity index is 1.55. The number of ether oxygens (including phenoxy) is 2. The predicted molar refractivity (Wildman–Crippen MR) is 135 cm³/mol. The van der Waals surface area contributed by atoms with Gasteiger partial charge in [-0.05, 0) is 48.7 Å². The zero-order valence-electron chi connectivity index (χ0n) is 20.4. The molecule has 1 saturated heterocycles. The van der Waals surface area contributed by atoms with Crippen LogP contribution in [0.3, 0.4) is 0 Å². The molecule has 0 atom stereocenters. The number of hydrogen-bond acceptors (Lipinski definition) is 6. The number of rotatable bonds is 7. The molecule has 0 spiro atoms. The molecule has 3 heterocycles. The fourth-order valence-electron chi connectivity index (χ4n) is 4.74. The van der Waals surface area contributed by atoms with Gasteiger partial charge in [0.2, 0.25) is 0 Å². The Labute approximate surface area is 213 Å². The van der Waals surface area contributed by atoms with Gasteiger partial charge in [0.1, 0.15) is 16.5 Å². The zero-order chi connectivity index (χ0) is 26.2. The lowest BCUT2D eigenvalue weighted by Crippen LogP contribution is -2.17. The molecular formula is C26H26F2N4O4S. The summed E-state index contributed by atoms with van der Waals surface area (Å²) in [5, 5.41) is 5.68. The summed E-state index contributed by atoms with van der Waals surface area (Å²) in [7, 11) is -0.968. The number of hydrogen-bond donors (Lipinski definition) is 1. The number of sulfonamides is 1. The molecule has 8 nitrogen and oxygen atoms in total. The van der Waals surface area contributed by atoms with Gasteiger partial charge in [0.25, 0.3) is 10.0 Å². The van der Waals surface area contributed by atoms with E-state index in [4.69, 9.17) is 9.47 Å². The van der Waals surface area contributed by atoms with E-state index in [1.807, 2.05) is 29.9 Å². The molecule has 0 aliphatic carbocycles. The molecule has 194 valence electrons.